The molecule has 0 amide bonds. The van der Waals surface area contributed by atoms with Gasteiger partial charge in [-0.3, -0.25) is 9.97 Å². The molecule has 2 heterocycles. The summed E-state index contributed by atoms with van der Waals surface area (Å²) in [6.07, 6.45) is 3.31. The van der Waals surface area contributed by atoms with Gasteiger partial charge < -0.3 is 0 Å². The summed E-state index contributed by atoms with van der Waals surface area (Å²) in [5.74, 6) is -0.268. The van der Waals surface area contributed by atoms with Gasteiger partial charge >= 0.3 is 0 Å². The number of aryl methyl sites for hydroxylation is 1. The monoisotopic (exact) mass is 265 g/mol. The van der Waals surface area contributed by atoms with Crippen molar-refractivity contribution >= 4 is 10.9 Å². The van der Waals surface area contributed by atoms with Crippen LogP contribution in [0, 0.1) is 12.7 Å². The number of benzene rings is 1. The third-order valence-electron chi connectivity index (χ3n) is 3.17. The minimum atomic E-state index is -0.268. The van der Waals surface area contributed by atoms with E-state index >= 15 is 0 Å². The highest BCUT2D eigenvalue weighted by atomic mass is 19.1. The average Bonchev–Trinajstić information content (AvgIpc) is 2.47. The van der Waals surface area contributed by atoms with E-state index in [0.29, 0.717) is 0 Å². The van der Waals surface area contributed by atoms with E-state index in [1.165, 1.54) is 12.1 Å². The highest BCUT2D eigenvalue weighted by molar-refractivity contribution is 5.91. The second-order valence-electron chi connectivity index (χ2n) is 4.65. The molecule has 0 atom stereocenters. The SMILES string of the molecule is [CH2]CCc1cc2cccnc2c(-c2cccc(F)c2)n1. The maximum absolute atomic E-state index is 13.4. The molecule has 0 saturated carbocycles. The highest BCUT2D eigenvalue weighted by Gasteiger charge is 2.09. The summed E-state index contributed by atoms with van der Waals surface area (Å²) in [5.41, 5.74) is 3.23. The van der Waals surface area contributed by atoms with Gasteiger partial charge in [0, 0.05) is 22.8 Å². The molecule has 0 saturated heterocycles. The van der Waals surface area contributed by atoms with Crippen LogP contribution in [-0.2, 0) is 6.42 Å². The molecule has 2 aromatic heterocycles. The number of fused-ring (bicyclic) bond motifs is 1. The molecule has 0 unspecified atom stereocenters. The molecule has 3 rings (SSSR count). The van der Waals surface area contributed by atoms with E-state index in [0.717, 1.165) is 40.7 Å². The summed E-state index contributed by atoms with van der Waals surface area (Å²) < 4.78 is 13.4. The molecule has 1 radical (unpaired) electrons. The Balaban J connectivity index is 2.26. The first-order valence-electron chi connectivity index (χ1n) is 6.58. The van der Waals surface area contributed by atoms with Crippen LogP contribution in [0.3, 0.4) is 0 Å². The van der Waals surface area contributed by atoms with E-state index in [4.69, 9.17) is 0 Å². The molecule has 0 N–H and O–H groups in total. The van der Waals surface area contributed by atoms with Crippen LogP contribution in [0.1, 0.15) is 12.1 Å². The molecule has 0 aliphatic heterocycles. The minimum Gasteiger partial charge on any atom is -0.254 e. The lowest BCUT2D eigenvalue weighted by molar-refractivity contribution is 0.628. The van der Waals surface area contributed by atoms with Crippen molar-refractivity contribution in [1.29, 1.82) is 0 Å². The van der Waals surface area contributed by atoms with Gasteiger partial charge in [0.15, 0.2) is 0 Å². The van der Waals surface area contributed by atoms with Gasteiger partial charge in [-0.1, -0.05) is 25.1 Å². The summed E-state index contributed by atoms with van der Waals surface area (Å²) >= 11 is 0. The Labute approximate surface area is 117 Å². The van der Waals surface area contributed by atoms with Crippen molar-refractivity contribution in [2.45, 2.75) is 12.8 Å². The molecule has 1 aromatic carbocycles. The Morgan fingerprint density at radius 1 is 1.10 bits per heavy atom. The fraction of sp³-hybridized carbons (Fsp3) is 0.118. The van der Waals surface area contributed by atoms with Crippen molar-refractivity contribution in [3.8, 4) is 11.3 Å². The predicted octanol–water partition coefficient (Wildman–Crippen LogP) is 4.20. The van der Waals surface area contributed by atoms with Crippen molar-refractivity contribution in [1.82, 2.24) is 9.97 Å². The third-order valence-corrected chi connectivity index (χ3v) is 3.17. The topological polar surface area (TPSA) is 25.8 Å². The van der Waals surface area contributed by atoms with Crippen LogP contribution in [0.2, 0.25) is 0 Å². The number of aromatic nitrogens is 2. The van der Waals surface area contributed by atoms with Crippen molar-refractivity contribution < 1.29 is 4.39 Å². The van der Waals surface area contributed by atoms with Crippen molar-refractivity contribution in [3.05, 3.63) is 67.1 Å². The molecule has 2 nitrogen and oxygen atoms in total. The Morgan fingerprint density at radius 2 is 2.00 bits per heavy atom. The molecule has 0 spiro atoms. The summed E-state index contributed by atoms with van der Waals surface area (Å²) in [6, 6.07) is 12.4. The first-order chi connectivity index (χ1) is 9.78. The zero-order chi connectivity index (χ0) is 13.9. The van der Waals surface area contributed by atoms with Crippen LogP contribution in [0.15, 0.2) is 48.7 Å². The highest BCUT2D eigenvalue weighted by Crippen LogP contribution is 2.26. The van der Waals surface area contributed by atoms with Crippen LogP contribution < -0.4 is 0 Å². The summed E-state index contributed by atoms with van der Waals surface area (Å²) in [5, 5.41) is 1.02. The first kappa shape index (κ1) is 12.7. The van der Waals surface area contributed by atoms with Crippen LogP contribution in [0.4, 0.5) is 4.39 Å². The van der Waals surface area contributed by atoms with E-state index in [1.807, 2.05) is 24.3 Å². The Hall–Kier alpha value is -2.29. The van der Waals surface area contributed by atoms with E-state index in [1.54, 1.807) is 12.3 Å². The zero-order valence-electron chi connectivity index (χ0n) is 11.0. The maximum atomic E-state index is 13.4. The molecular formula is C17H14FN2. The molecule has 3 aromatic rings. The van der Waals surface area contributed by atoms with Gasteiger partial charge in [0.05, 0.1) is 11.2 Å². The van der Waals surface area contributed by atoms with Gasteiger partial charge in [0.2, 0.25) is 0 Å². The van der Waals surface area contributed by atoms with Gasteiger partial charge in [0.1, 0.15) is 5.82 Å². The fourth-order valence-corrected chi connectivity index (χ4v) is 2.29. The molecular weight excluding hydrogens is 251 g/mol. The molecule has 99 valence electrons. The summed E-state index contributed by atoms with van der Waals surface area (Å²) in [4.78, 5) is 9.02. The van der Waals surface area contributed by atoms with Crippen molar-refractivity contribution in [2.75, 3.05) is 0 Å². The molecule has 3 heteroatoms. The number of rotatable bonds is 3. The Morgan fingerprint density at radius 3 is 2.80 bits per heavy atom. The largest absolute Gasteiger partial charge is 0.254 e. The number of pyridine rings is 2. The quantitative estimate of drug-likeness (QED) is 0.709. The van der Waals surface area contributed by atoms with Crippen LogP contribution >= 0.6 is 0 Å². The molecule has 0 fully saturated rings. The van der Waals surface area contributed by atoms with Crippen LogP contribution in [0.25, 0.3) is 22.2 Å². The number of hydrogen-bond donors (Lipinski definition) is 0. The number of nitrogens with zero attached hydrogens (tertiary/aromatic N) is 2. The normalized spacial score (nSPS) is 10.9. The smallest absolute Gasteiger partial charge is 0.123 e. The second kappa shape index (κ2) is 5.37. The van der Waals surface area contributed by atoms with Crippen LogP contribution in [0.5, 0.6) is 0 Å². The van der Waals surface area contributed by atoms with Gasteiger partial charge in [-0.25, -0.2) is 4.39 Å². The van der Waals surface area contributed by atoms with E-state index < -0.39 is 0 Å². The maximum Gasteiger partial charge on any atom is 0.123 e. The lowest BCUT2D eigenvalue weighted by Crippen LogP contribution is -1.96. The third kappa shape index (κ3) is 2.39. The van der Waals surface area contributed by atoms with E-state index in [2.05, 4.69) is 16.9 Å². The average molecular weight is 265 g/mol. The Kier molecular flexibility index (Phi) is 3.42. The molecule has 20 heavy (non-hydrogen) atoms. The molecule has 0 aliphatic carbocycles. The van der Waals surface area contributed by atoms with Crippen molar-refractivity contribution in [3.63, 3.8) is 0 Å². The Bertz CT molecular complexity index is 753. The summed E-state index contributed by atoms with van der Waals surface area (Å²) in [7, 11) is 0. The molecule has 0 bridgehead atoms. The summed E-state index contributed by atoms with van der Waals surface area (Å²) in [6.45, 7) is 3.86. The van der Waals surface area contributed by atoms with Gasteiger partial charge in [-0.2, -0.15) is 0 Å². The second-order valence-corrected chi connectivity index (χ2v) is 4.65. The number of hydrogen-bond acceptors (Lipinski definition) is 2. The lowest BCUT2D eigenvalue weighted by atomic mass is 10.1. The fourth-order valence-electron chi connectivity index (χ4n) is 2.29. The van der Waals surface area contributed by atoms with E-state index in [9.17, 15) is 4.39 Å². The van der Waals surface area contributed by atoms with Crippen LogP contribution in [-0.4, -0.2) is 9.97 Å². The van der Waals surface area contributed by atoms with Gasteiger partial charge in [0.25, 0.3) is 0 Å². The first-order valence-corrected chi connectivity index (χ1v) is 6.58. The van der Waals surface area contributed by atoms with Crippen molar-refractivity contribution in [2.24, 2.45) is 0 Å². The zero-order valence-corrected chi connectivity index (χ0v) is 11.0. The number of halogens is 1. The van der Waals surface area contributed by atoms with Gasteiger partial charge in [-0.05, 0) is 37.1 Å². The van der Waals surface area contributed by atoms with E-state index in [-0.39, 0.29) is 5.82 Å². The lowest BCUT2D eigenvalue weighted by Gasteiger charge is -2.08. The molecule has 0 aliphatic rings. The van der Waals surface area contributed by atoms with Gasteiger partial charge in [-0.15, -0.1) is 0 Å². The predicted molar refractivity (Wildman–Crippen MR) is 78.6 cm³/mol. The minimum absolute atomic E-state index is 0.268. The standard InChI is InChI=1S/C17H14FN2/c1-2-5-15-11-13-7-4-9-19-16(13)17(20-15)12-6-3-8-14(18)10-12/h3-4,6-11H,1-2,5H2.